The SMILES string of the molecule is CN(C)c1ccc(CCCNC(=O)Nc2ccccc2)cc1. The van der Waals surface area contributed by atoms with Gasteiger partial charge in [-0.3, -0.25) is 0 Å². The standard InChI is InChI=1S/C18H23N3O/c1-21(2)17-12-10-15(11-13-17)7-6-14-19-18(22)20-16-8-4-3-5-9-16/h3-5,8-13H,6-7,14H2,1-2H3,(H2,19,20,22). The van der Waals surface area contributed by atoms with Gasteiger partial charge in [0.05, 0.1) is 0 Å². The molecule has 0 bridgehead atoms. The maximum Gasteiger partial charge on any atom is 0.319 e. The first kappa shape index (κ1) is 15.9. The van der Waals surface area contributed by atoms with Crippen LogP contribution < -0.4 is 15.5 Å². The Kier molecular flexibility index (Phi) is 5.83. The molecule has 0 heterocycles. The molecule has 0 aliphatic carbocycles. The van der Waals surface area contributed by atoms with Crippen molar-refractivity contribution in [3.05, 3.63) is 60.2 Å². The monoisotopic (exact) mass is 297 g/mol. The van der Waals surface area contributed by atoms with Crippen LogP contribution in [0.1, 0.15) is 12.0 Å². The Morgan fingerprint density at radius 3 is 2.32 bits per heavy atom. The number of amides is 2. The third-order valence-electron chi connectivity index (χ3n) is 3.41. The summed E-state index contributed by atoms with van der Waals surface area (Å²) in [4.78, 5) is 13.8. The van der Waals surface area contributed by atoms with Gasteiger partial charge >= 0.3 is 6.03 Å². The number of urea groups is 1. The van der Waals surface area contributed by atoms with Crippen molar-refractivity contribution >= 4 is 17.4 Å². The normalized spacial score (nSPS) is 10.1. The molecule has 2 rings (SSSR count). The summed E-state index contributed by atoms with van der Waals surface area (Å²) in [6.45, 7) is 0.661. The van der Waals surface area contributed by atoms with Crippen LogP contribution in [0.2, 0.25) is 0 Å². The third kappa shape index (κ3) is 5.13. The summed E-state index contributed by atoms with van der Waals surface area (Å²) in [5.41, 5.74) is 3.29. The van der Waals surface area contributed by atoms with Crippen molar-refractivity contribution in [1.29, 1.82) is 0 Å². The lowest BCUT2D eigenvalue weighted by molar-refractivity contribution is 0.252. The van der Waals surface area contributed by atoms with E-state index in [9.17, 15) is 4.79 Å². The van der Waals surface area contributed by atoms with E-state index >= 15 is 0 Å². The van der Waals surface area contributed by atoms with Crippen LogP contribution in [0, 0.1) is 0 Å². The molecule has 2 aromatic carbocycles. The van der Waals surface area contributed by atoms with Crippen molar-refractivity contribution in [2.75, 3.05) is 30.9 Å². The topological polar surface area (TPSA) is 44.4 Å². The number of anilines is 2. The quantitative estimate of drug-likeness (QED) is 0.801. The van der Waals surface area contributed by atoms with Gasteiger partial charge in [0.2, 0.25) is 0 Å². The van der Waals surface area contributed by atoms with Crippen molar-refractivity contribution in [3.8, 4) is 0 Å². The first-order valence-electron chi connectivity index (χ1n) is 7.51. The zero-order valence-corrected chi connectivity index (χ0v) is 13.2. The Balaban J connectivity index is 1.67. The van der Waals surface area contributed by atoms with Gasteiger partial charge in [-0.05, 0) is 42.7 Å². The average molecular weight is 297 g/mol. The molecule has 0 atom stereocenters. The molecule has 0 unspecified atom stereocenters. The van der Waals surface area contributed by atoms with E-state index in [4.69, 9.17) is 0 Å². The van der Waals surface area contributed by atoms with Crippen LogP contribution in [-0.4, -0.2) is 26.7 Å². The molecular formula is C18H23N3O. The summed E-state index contributed by atoms with van der Waals surface area (Å²) in [6.07, 6.45) is 1.88. The van der Waals surface area contributed by atoms with Gasteiger partial charge < -0.3 is 15.5 Å². The lowest BCUT2D eigenvalue weighted by Gasteiger charge is -2.12. The van der Waals surface area contributed by atoms with Gasteiger partial charge in [0.15, 0.2) is 0 Å². The van der Waals surface area contributed by atoms with Crippen LogP contribution in [0.3, 0.4) is 0 Å². The lowest BCUT2D eigenvalue weighted by Crippen LogP contribution is -2.29. The fourth-order valence-electron chi connectivity index (χ4n) is 2.15. The molecule has 0 saturated heterocycles. The van der Waals surface area contributed by atoms with E-state index in [0.717, 1.165) is 18.5 Å². The van der Waals surface area contributed by atoms with E-state index in [2.05, 4.69) is 39.8 Å². The smallest absolute Gasteiger partial charge is 0.319 e. The molecule has 0 aliphatic heterocycles. The summed E-state index contributed by atoms with van der Waals surface area (Å²) in [7, 11) is 4.06. The van der Waals surface area contributed by atoms with E-state index in [1.54, 1.807) is 0 Å². The largest absolute Gasteiger partial charge is 0.378 e. The minimum atomic E-state index is -0.158. The number of rotatable bonds is 6. The van der Waals surface area contributed by atoms with Gasteiger partial charge in [-0.1, -0.05) is 30.3 Å². The Labute approximate surface area is 132 Å². The van der Waals surface area contributed by atoms with Crippen LogP contribution >= 0.6 is 0 Å². The zero-order chi connectivity index (χ0) is 15.8. The molecule has 2 aromatic rings. The Bertz CT molecular complexity index is 579. The molecule has 0 radical (unpaired) electrons. The number of para-hydroxylation sites is 1. The van der Waals surface area contributed by atoms with Crippen molar-refractivity contribution in [2.24, 2.45) is 0 Å². The van der Waals surface area contributed by atoms with Gasteiger partial charge in [0.1, 0.15) is 0 Å². The van der Waals surface area contributed by atoms with Crippen molar-refractivity contribution in [2.45, 2.75) is 12.8 Å². The second kappa shape index (κ2) is 8.08. The second-order valence-corrected chi connectivity index (χ2v) is 5.41. The summed E-state index contributed by atoms with van der Waals surface area (Å²) in [6, 6.07) is 17.8. The highest BCUT2D eigenvalue weighted by molar-refractivity contribution is 5.89. The highest BCUT2D eigenvalue weighted by Gasteiger charge is 2.01. The molecule has 0 aromatic heterocycles. The summed E-state index contributed by atoms with van der Waals surface area (Å²) < 4.78 is 0. The highest BCUT2D eigenvalue weighted by Crippen LogP contribution is 2.13. The van der Waals surface area contributed by atoms with E-state index in [1.165, 1.54) is 11.3 Å². The maximum absolute atomic E-state index is 11.7. The highest BCUT2D eigenvalue weighted by atomic mass is 16.2. The third-order valence-corrected chi connectivity index (χ3v) is 3.41. The summed E-state index contributed by atoms with van der Waals surface area (Å²) >= 11 is 0. The average Bonchev–Trinajstić information content (AvgIpc) is 2.53. The molecule has 0 saturated carbocycles. The Hall–Kier alpha value is -2.49. The number of nitrogens with zero attached hydrogens (tertiary/aromatic N) is 1. The molecule has 116 valence electrons. The summed E-state index contributed by atoms with van der Waals surface area (Å²) in [5.74, 6) is 0. The molecular weight excluding hydrogens is 274 g/mol. The maximum atomic E-state index is 11.7. The zero-order valence-electron chi connectivity index (χ0n) is 13.2. The van der Waals surface area contributed by atoms with Gasteiger partial charge in [0, 0.05) is 32.0 Å². The fraction of sp³-hybridized carbons (Fsp3) is 0.278. The Morgan fingerprint density at radius 1 is 1.00 bits per heavy atom. The van der Waals surface area contributed by atoms with Crippen LogP contribution in [0.4, 0.5) is 16.2 Å². The van der Waals surface area contributed by atoms with Crippen molar-refractivity contribution in [1.82, 2.24) is 5.32 Å². The first-order chi connectivity index (χ1) is 10.6. The lowest BCUT2D eigenvalue weighted by atomic mass is 10.1. The number of benzene rings is 2. The first-order valence-corrected chi connectivity index (χ1v) is 7.51. The van der Waals surface area contributed by atoms with Gasteiger partial charge in [0.25, 0.3) is 0 Å². The molecule has 2 amide bonds. The van der Waals surface area contributed by atoms with Crippen LogP contribution in [-0.2, 0) is 6.42 Å². The van der Waals surface area contributed by atoms with Crippen molar-refractivity contribution < 1.29 is 4.79 Å². The van der Waals surface area contributed by atoms with Gasteiger partial charge in [-0.2, -0.15) is 0 Å². The predicted octanol–water partition coefficient (Wildman–Crippen LogP) is 3.51. The molecule has 4 heteroatoms. The van der Waals surface area contributed by atoms with E-state index in [0.29, 0.717) is 6.54 Å². The Morgan fingerprint density at radius 2 is 1.68 bits per heavy atom. The van der Waals surface area contributed by atoms with E-state index < -0.39 is 0 Å². The van der Waals surface area contributed by atoms with Gasteiger partial charge in [-0.15, -0.1) is 0 Å². The summed E-state index contributed by atoms with van der Waals surface area (Å²) in [5, 5.41) is 5.68. The predicted molar refractivity (Wildman–Crippen MR) is 92.6 cm³/mol. The molecule has 0 fully saturated rings. The number of aryl methyl sites for hydroxylation is 1. The van der Waals surface area contributed by atoms with Crippen LogP contribution in [0.15, 0.2) is 54.6 Å². The van der Waals surface area contributed by atoms with E-state index in [1.807, 2.05) is 44.4 Å². The second-order valence-electron chi connectivity index (χ2n) is 5.41. The number of hydrogen-bond donors (Lipinski definition) is 2. The fourth-order valence-corrected chi connectivity index (χ4v) is 2.15. The minimum absolute atomic E-state index is 0.158. The van der Waals surface area contributed by atoms with Gasteiger partial charge in [-0.25, -0.2) is 4.79 Å². The number of carbonyl (C=O) groups is 1. The molecule has 0 aliphatic rings. The number of hydrogen-bond acceptors (Lipinski definition) is 2. The van der Waals surface area contributed by atoms with Crippen LogP contribution in [0.25, 0.3) is 0 Å². The minimum Gasteiger partial charge on any atom is -0.378 e. The number of carbonyl (C=O) groups excluding carboxylic acids is 1. The van der Waals surface area contributed by atoms with Crippen molar-refractivity contribution in [3.63, 3.8) is 0 Å². The molecule has 0 spiro atoms. The molecule has 4 nitrogen and oxygen atoms in total. The number of nitrogens with one attached hydrogen (secondary N) is 2. The molecule has 2 N–H and O–H groups in total. The van der Waals surface area contributed by atoms with E-state index in [-0.39, 0.29) is 6.03 Å². The van der Waals surface area contributed by atoms with Crippen LogP contribution in [0.5, 0.6) is 0 Å². The molecule has 22 heavy (non-hydrogen) atoms.